The number of ether oxygens (including phenoxy) is 1. The van der Waals surface area contributed by atoms with Gasteiger partial charge in [-0.15, -0.1) is 11.3 Å². The third-order valence-corrected chi connectivity index (χ3v) is 4.53. The van der Waals surface area contributed by atoms with Gasteiger partial charge in [-0.3, -0.25) is 0 Å². The Morgan fingerprint density at radius 1 is 1.32 bits per heavy atom. The van der Waals surface area contributed by atoms with Gasteiger partial charge in [-0.2, -0.15) is 5.26 Å². The van der Waals surface area contributed by atoms with Crippen molar-refractivity contribution < 1.29 is 4.74 Å². The molecule has 0 N–H and O–H groups in total. The lowest BCUT2D eigenvalue weighted by Crippen LogP contribution is -2.26. The first-order valence-corrected chi connectivity index (χ1v) is 7.75. The van der Waals surface area contributed by atoms with Gasteiger partial charge in [0.05, 0.1) is 17.3 Å². The Balaban J connectivity index is 1.90. The number of aromatic nitrogens is 1. The standard InChI is InChI=1S/C14H21N3OS/c1-18-11-12-13(10-15)19-14(16-12)6-9-17-7-4-2-3-5-8-17/h2-9,11H2,1H3. The summed E-state index contributed by atoms with van der Waals surface area (Å²) < 4.78 is 5.08. The molecule has 104 valence electrons. The van der Waals surface area contributed by atoms with Gasteiger partial charge in [-0.05, 0) is 25.9 Å². The van der Waals surface area contributed by atoms with Crippen molar-refractivity contribution in [3.63, 3.8) is 0 Å². The predicted octanol–water partition coefficient (Wildman–Crippen LogP) is 2.58. The Hall–Kier alpha value is -0.960. The number of methoxy groups -OCH3 is 1. The lowest BCUT2D eigenvalue weighted by molar-refractivity contribution is 0.181. The zero-order chi connectivity index (χ0) is 13.5. The molecule has 2 heterocycles. The van der Waals surface area contributed by atoms with Crippen LogP contribution in [0, 0.1) is 11.3 Å². The van der Waals surface area contributed by atoms with E-state index in [0.717, 1.165) is 23.7 Å². The Morgan fingerprint density at radius 2 is 2.05 bits per heavy atom. The fraction of sp³-hybridized carbons (Fsp3) is 0.714. The molecule has 0 saturated carbocycles. The molecular formula is C14H21N3OS. The van der Waals surface area contributed by atoms with Crippen LogP contribution in [0.25, 0.3) is 0 Å². The molecule has 1 saturated heterocycles. The highest BCUT2D eigenvalue weighted by Gasteiger charge is 2.13. The second-order valence-corrected chi connectivity index (χ2v) is 6.02. The van der Waals surface area contributed by atoms with E-state index in [1.54, 1.807) is 7.11 Å². The van der Waals surface area contributed by atoms with Gasteiger partial charge >= 0.3 is 0 Å². The van der Waals surface area contributed by atoms with Crippen LogP contribution < -0.4 is 0 Å². The largest absolute Gasteiger partial charge is 0.378 e. The number of nitrogens with zero attached hydrogens (tertiary/aromatic N) is 3. The van der Waals surface area contributed by atoms with Crippen LogP contribution >= 0.6 is 11.3 Å². The predicted molar refractivity (Wildman–Crippen MR) is 76.2 cm³/mol. The van der Waals surface area contributed by atoms with Crippen molar-refractivity contribution in [2.24, 2.45) is 0 Å². The van der Waals surface area contributed by atoms with Crippen LogP contribution in [-0.4, -0.2) is 36.6 Å². The number of thiazole rings is 1. The Kier molecular flexibility index (Phi) is 5.77. The van der Waals surface area contributed by atoms with Gasteiger partial charge in [0.2, 0.25) is 0 Å². The molecule has 0 aromatic carbocycles. The van der Waals surface area contributed by atoms with Crippen LogP contribution in [-0.2, 0) is 17.8 Å². The molecule has 0 amide bonds. The summed E-state index contributed by atoms with van der Waals surface area (Å²) in [6.45, 7) is 3.91. The first-order chi connectivity index (χ1) is 9.33. The normalized spacial score (nSPS) is 17.1. The molecule has 1 aromatic rings. The van der Waals surface area contributed by atoms with Gasteiger partial charge in [-0.25, -0.2) is 4.98 Å². The third kappa shape index (κ3) is 4.27. The second kappa shape index (κ2) is 7.59. The number of nitriles is 1. The average molecular weight is 279 g/mol. The Labute approximate surface area is 119 Å². The molecule has 2 rings (SSSR count). The molecule has 5 heteroatoms. The van der Waals surface area contributed by atoms with Crippen LogP contribution in [0.3, 0.4) is 0 Å². The van der Waals surface area contributed by atoms with Crippen molar-refractivity contribution in [3.05, 3.63) is 15.6 Å². The van der Waals surface area contributed by atoms with Gasteiger partial charge in [0, 0.05) is 20.1 Å². The number of likely N-dealkylation sites (tertiary alicyclic amines) is 1. The van der Waals surface area contributed by atoms with Crippen molar-refractivity contribution in [2.45, 2.75) is 38.7 Å². The molecule has 0 atom stereocenters. The van der Waals surface area contributed by atoms with Gasteiger partial charge in [0.1, 0.15) is 10.9 Å². The second-order valence-electron chi connectivity index (χ2n) is 4.93. The minimum absolute atomic E-state index is 0.434. The average Bonchev–Trinajstić information content (AvgIpc) is 2.63. The molecule has 1 fully saturated rings. The zero-order valence-electron chi connectivity index (χ0n) is 11.5. The van der Waals surface area contributed by atoms with Crippen molar-refractivity contribution in [3.8, 4) is 6.07 Å². The lowest BCUT2D eigenvalue weighted by Gasteiger charge is -2.18. The number of rotatable bonds is 5. The summed E-state index contributed by atoms with van der Waals surface area (Å²) in [7, 11) is 1.64. The number of hydrogen-bond acceptors (Lipinski definition) is 5. The van der Waals surface area contributed by atoms with Crippen molar-refractivity contribution in [1.82, 2.24) is 9.88 Å². The highest BCUT2D eigenvalue weighted by molar-refractivity contribution is 7.12. The van der Waals surface area contributed by atoms with E-state index in [1.165, 1.54) is 50.1 Å². The summed E-state index contributed by atoms with van der Waals surface area (Å²) in [5.74, 6) is 0. The minimum Gasteiger partial charge on any atom is -0.378 e. The maximum Gasteiger partial charge on any atom is 0.130 e. The topological polar surface area (TPSA) is 49.1 Å². The summed E-state index contributed by atoms with van der Waals surface area (Å²) in [5.41, 5.74) is 0.792. The van der Waals surface area contributed by atoms with Crippen LogP contribution in [0.5, 0.6) is 0 Å². The molecule has 1 aliphatic rings. The fourth-order valence-electron chi connectivity index (χ4n) is 2.44. The maximum absolute atomic E-state index is 9.07. The number of hydrogen-bond donors (Lipinski definition) is 0. The van der Waals surface area contributed by atoms with Gasteiger partial charge in [0.15, 0.2) is 0 Å². The molecule has 0 unspecified atom stereocenters. The highest BCUT2D eigenvalue weighted by Crippen LogP contribution is 2.19. The summed E-state index contributed by atoms with van der Waals surface area (Å²) in [4.78, 5) is 7.75. The fourth-order valence-corrected chi connectivity index (χ4v) is 3.30. The summed E-state index contributed by atoms with van der Waals surface area (Å²) in [6, 6.07) is 2.21. The molecule has 0 spiro atoms. The Bertz CT molecular complexity index is 430. The molecule has 1 aromatic heterocycles. The van der Waals surface area contributed by atoms with E-state index in [9.17, 15) is 0 Å². The van der Waals surface area contributed by atoms with E-state index >= 15 is 0 Å². The molecule has 1 aliphatic heterocycles. The smallest absolute Gasteiger partial charge is 0.130 e. The quantitative estimate of drug-likeness (QED) is 0.831. The van der Waals surface area contributed by atoms with E-state index in [-0.39, 0.29) is 0 Å². The van der Waals surface area contributed by atoms with Crippen LogP contribution in [0.1, 0.15) is 41.3 Å². The van der Waals surface area contributed by atoms with E-state index in [1.807, 2.05) is 0 Å². The van der Waals surface area contributed by atoms with E-state index in [4.69, 9.17) is 10.00 Å². The van der Waals surface area contributed by atoms with Gasteiger partial charge < -0.3 is 9.64 Å². The summed E-state index contributed by atoms with van der Waals surface area (Å²) in [6.07, 6.45) is 6.31. The molecule has 0 bridgehead atoms. The first kappa shape index (κ1) is 14.4. The highest BCUT2D eigenvalue weighted by atomic mass is 32.1. The molecule has 4 nitrogen and oxygen atoms in total. The SMILES string of the molecule is COCc1nc(CCN2CCCCCC2)sc1C#N. The van der Waals surface area contributed by atoms with Crippen LogP contribution in [0.15, 0.2) is 0 Å². The van der Waals surface area contributed by atoms with E-state index in [2.05, 4.69) is 16.0 Å². The summed E-state index contributed by atoms with van der Waals surface area (Å²) >= 11 is 1.51. The lowest BCUT2D eigenvalue weighted by atomic mass is 10.2. The van der Waals surface area contributed by atoms with Crippen molar-refractivity contribution >= 4 is 11.3 Å². The van der Waals surface area contributed by atoms with Gasteiger partial charge in [-0.1, -0.05) is 12.8 Å². The van der Waals surface area contributed by atoms with Gasteiger partial charge in [0.25, 0.3) is 0 Å². The molecular weight excluding hydrogens is 258 g/mol. The van der Waals surface area contributed by atoms with E-state index < -0.39 is 0 Å². The van der Waals surface area contributed by atoms with Crippen molar-refractivity contribution in [2.75, 3.05) is 26.7 Å². The zero-order valence-corrected chi connectivity index (χ0v) is 12.3. The van der Waals surface area contributed by atoms with E-state index in [0.29, 0.717) is 11.5 Å². The van der Waals surface area contributed by atoms with Crippen LogP contribution in [0.4, 0.5) is 0 Å². The molecule has 0 radical (unpaired) electrons. The van der Waals surface area contributed by atoms with Crippen molar-refractivity contribution in [1.29, 1.82) is 5.26 Å². The minimum atomic E-state index is 0.434. The monoisotopic (exact) mass is 279 g/mol. The third-order valence-electron chi connectivity index (χ3n) is 3.46. The Morgan fingerprint density at radius 3 is 2.68 bits per heavy atom. The van der Waals surface area contributed by atoms with Crippen LogP contribution in [0.2, 0.25) is 0 Å². The molecule has 0 aliphatic carbocycles. The first-order valence-electron chi connectivity index (χ1n) is 6.93. The maximum atomic E-state index is 9.07. The molecule has 19 heavy (non-hydrogen) atoms. The summed E-state index contributed by atoms with van der Waals surface area (Å²) in [5, 5.41) is 10.1.